The summed E-state index contributed by atoms with van der Waals surface area (Å²) in [7, 11) is 3.78. The number of ether oxygens (including phenoxy) is 2. The number of nitrogens with one attached hydrogen (secondary N) is 2. The number of anilines is 1. The van der Waals surface area contributed by atoms with Gasteiger partial charge in [-0.15, -0.1) is 0 Å². The number of carboxylic acids is 1. The number of fused-ring (bicyclic) bond motifs is 1. The van der Waals surface area contributed by atoms with Crippen molar-refractivity contribution in [2.24, 2.45) is 0 Å². The molecule has 41 heavy (non-hydrogen) atoms. The van der Waals surface area contributed by atoms with E-state index in [0.29, 0.717) is 0 Å². The van der Waals surface area contributed by atoms with Crippen LogP contribution in [0.4, 0.5) is 32.4 Å². The lowest BCUT2D eigenvalue weighted by Gasteiger charge is -2.45. The van der Waals surface area contributed by atoms with Gasteiger partial charge in [0.05, 0.1) is 13.2 Å². The highest BCUT2D eigenvalue weighted by Crippen LogP contribution is 2.50. The Morgan fingerprint density at radius 1 is 1.07 bits per heavy atom. The van der Waals surface area contributed by atoms with E-state index in [1.165, 1.54) is 11.6 Å². The Bertz CT molecular complexity index is 1240. The molecule has 0 radical (unpaired) electrons. The molecular weight excluding hydrogens is 553 g/mol. The number of aliphatic carboxylic acids is 1. The van der Waals surface area contributed by atoms with Gasteiger partial charge in [0.2, 0.25) is 0 Å². The molecule has 1 saturated heterocycles. The van der Waals surface area contributed by atoms with E-state index in [9.17, 15) is 26.7 Å². The van der Waals surface area contributed by atoms with Crippen LogP contribution in [0.15, 0.2) is 36.4 Å². The lowest BCUT2D eigenvalue weighted by molar-refractivity contribution is -0.192. The number of halogens is 5. The summed E-state index contributed by atoms with van der Waals surface area (Å²) < 4.78 is 69.9. The Hall–Kier alpha value is -3.61. The number of hydrogen-bond donors (Lipinski definition) is 3. The zero-order valence-corrected chi connectivity index (χ0v) is 23.1. The van der Waals surface area contributed by atoms with Crippen molar-refractivity contribution in [1.29, 1.82) is 0 Å². The summed E-state index contributed by atoms with van der Waals surface area (Å²) >= 11 is 0. The fraction of sp³-hybridized carbons (Fsp3) is 0.500. The highest BCUT2D eigenvalue weighted by molar-refractivity contribution is 5.89. The first-order valence-electron chi connectivity index (χ1n) is 13.0. The van der Waals surface area contributed by atoms with Crippen molar-refractivity contribution in [3.05, 3.63) is 53.6 Å². The molecule has 226 valence electrons. The van der Waals surface area contributed by atoms with Crippen LogP contribution in [0.25, 0.3) is 0 Å². The highest BCUT2D eigenvalue weighted by atomic mass is 19.4. The number of carboxylic acid groups (broad SMARTS) is 1. The van der Waals surface area contributed by atoms with E-state index in [0.717, 1.165) is 55.9 Å². The number of alkyl halides is 3. The van der Waals surface area contributed by atoms with Gasteiger partial charge in [0.15, 0.2) is 23.1 Å². The maximum Gasteiger partial charge on any atom is 0.490 e. The number of carbonyl (C=O) groups excluding carboxylic acids is 1. The molecule has 1 heterocycles. The predicted octanol–water partition coefficient (Wildman–Crippen LogP) is 5.71. The van der Waals surface area contributed by atoms with Gasteiger partial charge in [0, 0.05) is 29.3 Å². The molecule has 2 aliphatic rings. The molecule has 13 heteroatoms. The molecule has 2 amide bonds. The van der Waals surface area contributed by atoms with Crippen molar-refractivity contribution in [2.75, 3.05) is 26.0 Å². The Morgan fingerprint density at radius 2 is 1.76 bits per heavy atom. The largest absolute Gasteiger partial charge is 0.493 e. The lowest BCUT2D eigenvalue weighted by Crippen LogP contribution is -2.52. The number of benzene rings is 2. The topological polar surface area (TPSA) is 100 Å². The summed E-state index contributed by atoms with van der Waals surface area (Å²) in [5, 5.41) is 12.8. The summed E-state index contributed by atoms with van der Waals surface area (Å²) in [6.45, 7) is 4.97. The quantitative estimate of drug-likeness (QED) is 0.375. The summed E-state index contributed by atoms with van der Waals surface area (Å²) in [5.74, 6) is -3.22. The average Bonchev–Trinajstić information content (AvgIpc) is 3.22. The van der Waals surface area contributed by atoms with Crippen molar-refractivity contribution in [3.63, 3.8) is 0 Å². The number of nitrogens with zero attached hydrogens (tertiary/aromatic N) is 1. The van der Waals surface area contributed by atoms with E-state index in [-0.39, 0.29) is 29.3 Å². The van der Waals surface area contributed by atoms with Crippen LogP contribution in [0, 0.1) is 11.6 Å². The van der Waals surface area contributed by atoms with Gasteiger partial charge in [-0.2, -0.15) is 13.2 Å². The normalized spacial score (nSPS) is 22.3. The summed E-state index contributed by atoms with van der Waals surface area (Å²) in [6.07, 6.45) is -1.46. The van der Waals surface area contributed by atoms with E-state index in [4.69, 9.17) is 19.4 Å². The van der Waals surface area contributed by atoms with Gasteiger partial charge >= 0.3 is 18.2 Å². The van der Waals surface area contributed by atoms with E-state index in [1.807, 2.05) is 19.9 Å². The first kappa shape index (κ1) is 31.9. The van der Waals surface area contributed by atoms with Crippen molar-refractivity contribution >= 4 is 17.7 Å². The monoisotopic (exact) mass is 587 g/mol. The maximum absolute atomic E-state index is 13.5. The minimum absolute atomic E-state index is 0.0198. The maximum atomic E-state index is 13.5. The molecule has 1 aliphatic heterocycles. The number of carbonyl (C=O) groups is 2. The van der Waals surface area contributed by atoms with Crippen LogP contribution in [-0.4, -0.2) is 67.1 Å². The van der Waals surface area contributed by atoms with Gasteiger partial charge in [0.1, 0.15) is 0 Å². The van der Waals surface area contributed by atoms with Crippen LogP contribution in [0.3, 0.4) is 0 Å². The SMILES string of the molecule is COc1ccc(C23CCC(NC(=O)Nc4ccc(F)c(F)c4)CC2N(C)CC3)cc1OC(C)C.O=C(O)C(F)(F)F. The average molecular weight is 588 g/mol. The van der Waals surface area contributed by atoms with E-state index in [1.54, 1.807) is 7.11 Å². The number of urea groups is 1. The number of likely N-dealkylation sites (N-methyl/N-ethyl adjacent to an activating group) is 1. The summed E-state index contributed by atoms with van der Waals surface area (Å²) in [4.78, 5) is 23.8. The first-order chi connectivity index (χ1) is 19.2. The van der Waals surface area contributed by atoms with Gasteiger partial charge < -0.3 is 30.1 Å². The Labute approximate surface area is 234 Å². The second kappa shape index (κ2) is 12.9. The van der Waals surface area contributed by atoms with E-state index < -0.39 is 29.8 Å². The highest BCUT2D eigenvalue weighted by Gasteiger charge is 2.50. The molecule has 0 bridgehead atoms. The van der Waals surface area contributed by atoms with Crippen molar-refractivity contribution in [1.82, 2.24) is 10.2 Å². The Morgan fingerprint density at radius 3 is 2.34 bits per heavy atom. The van der Waals surface area contributed by atoms with Crippen LogP contribution in [-0.2, 0) is 10.2 Å². The predicted molar refractivity (Wildman–Crippen MR) is 141 cm³/mol. The number of hydrogen-bond acceptors (Lipinski definition) is 5. The van der Waals surface area contributed by atoms with Gasteiger partial charge in [-0.3, -0.25) is 0 Å². The van der Waals surface area contributed by atoms with Crippen molar-refractivity contribution in [2.45, 2.75) is 69.3 Å². The third-order valence-electron chi connectivity index (χ3n) is 7.38. The van der Waals surface area contributed by atoms with E-state index >= 15 is 0 Å². The smallest absolute Gasteiger partial charge is 0.490 e. The minimum atomic E-state index is -5.08. The Balaban J connectivity index is 0.000000587. The third-order valence-corrected chi connectivity index (χ3v) is 7.38. The second-order valence-electron chi connectivity index (χ2n) is 10.4. The molecule has 2 fully saturated rings. The molecule has 2 aromatic carbocycles. The standard InChI is InChI=1S/C26H33F2N3O3.C2HF3O2/c1-16(2)34-23-13-17(5-8-22(23)33-4)26-10-9-19(15-24(26)31(3)12-11-26)30-25(32)29-18-6-7-20(27)21(28)14-18;3-2(4,5)1(6)7/h5-8,13-14,16,19,24H,9-12,15H2,1-4H3,(H2,29,30,32);(H,6,7). The minimum Gasteiger partial charge on any atom is -0.493 e. The lowest BCUT2D eigenvalue weighted by atomic mass is 9.65. The van der Waals surface area contributed by atoms with Crippen molar-refractivity contribution < 1.29 is 46.1 Å². The van der Waals surface area contributed by atoms with Gasteiger partial charge in [-0.25, -0.2) is 18.4 Å². The summed E-state index contributed by atoms with van der Waals surface area (Å²) in [5.41, 5.74) is 1.43. The molecule has 3 unspecified atom stereocenters. The van der Waals surface area contributed by atoms with Crippen LogP contribution in [0.1, 0.15) is 45.1 Å². The number of amides is 2. The number of rotatable bonds is 6. The summed E-state index contributed by atoms with van der Waals surface area (Å²) in [6, 6.07) is 9.39. The van der Waals surface area contributed by atoms with Crippen LogP contribution in [0.5, 0.6) is 11.5 Å². The van der Waals surface area contributed by atoms with Crippen molar-refractivity contribution in [3.8, 4) is 11.5 Å². The molecule has 4 rings (SSSR count). The van der Waals surface area contributed by atoms with Crippen LogP contribution in [0.2, 0.25) is 0 Å². The van der Waals surface area contributed by atoms with Gasteiger partial charge in [0.25, 0.3) is 0 Å². The van der Waals surface area contributed by atoms with Gasteiger partial charge in [-0.05, 0) is 83.0 Å². The molecule has 3 atom stereocenters. The molecule has 3 N–H and O–H groups in total. The fourth-order valence-electron chi connectivity index (χ4n) is 5.51. The molecular formula is C28H34F5N3O5. The molecule has 8 nitrogen and oxygen atoms in total. The van der Waals surface area contributed by atoms with Gasteiger partial charge in [-0.1, -0.05) is 6.07 Å². The van der Waals surface area contributed by atoms with Crippen LogP contribution < -0.4 is 20.1 Å². The molecule has 2 aromatic rings. The molecule has 1 aliphatic carbocycles. The fourth-order valence-corrected chi connectivity index (χ4v) is 5.51. The zero-order valence-electron chi connectivity index (χ0n) is 23.1. The molecule has 1 saturated carbocycles. The number of likely N-dealkylation sites (tertiary alicyclic amines) is 1. The first-order valence-corrected chi connectivity index (χ1v) is 13.0. The van der Waals surface area contributed by atoms with E-state index in [2.05, 4.69) is 34.7 Å². The molecule has 0 spiro atoms. The van der Waals surface area contributed by atoms with Crippen LogP contribution >= 0.6 is 0 Å². The number of methoxy groups -OCH3 is 1. The zero-order chi connectivity index (χ0) is 30.5. The third kappa shape index (κ3) is 7.78. The Kier molecular flexibility index (Phi) is 10.1. The molecule has 0 aromatic heterocycles. The second-order valence-corrected chi connectivity index (χ2v) is 10.4.